The van der Waals surface area contributed by atoms with E-state index in [1.54, 1.807) is 14.2 Å². The Kier molecular flexibility index (Phi) is 6.29. The van der Waals surface area contributed by atoms with Gasteiger partial charge in [0.15, 0.2) is 0 Å². The Morgan fingerprint density at radius 3 is 2.80 bits per heavy atom. The first-order chi connectivity index (χ1) is 14.6. The minimum absolute atomic E-state index is 0.0973. The Morgan fingerprint density at radius 1 is 1.17 bits per heavy atom. The van der Waals surface area contributed by atoms with Gasteiger partial charge in [0.05, 0.1) is 26.3 Å². The fraction of sp³-hybridized carbons (Fsp3) is 0.522. The van der Waals surface area contributed by atoms with Crippen LogP contribution < -0.4 is 9.64 Å². The summed E-state index contributed by atoms with van der Waals surface area (Å²) in [7, 11) is 3.38. The summed E-state index contributed by atoms with van der Waals surface area (Å²) in [6.45, 7) is 5.07. The Bertz CT molecular complexity index is 917. The van der Waals surface area contributed by atoms with Crippen LogP contribution in [0.2, 0.25) is 0 Å². The summed E-state index contributed by atoms with van der Waals surface area (Å²) in [5, 5.41) is 0. The molecule has 1 aromatic carbocycles. The van der Waals surface area contributed by atoms with E-state index in [4.69, 9.17) is 19.4 Å². The molecule has 0 N–H and O–H groups in total. The fourth-order valence-electron chi connectivity index (χ4n) is 4.51. The van der Waals surface area contributed by atoms with E-state index in [9.17, 15) is 4.79 Å². The number of amides is 1. The molecular weight excluding hydrogens is 380 g/mol. The van der Waals surface area contributed by atoms with Crippen molar-refractivity contribution in [3.63, 3.8) is 0 Å². The molecule has 2 aromatic rings. The van der Waals surface area contributed by atoms with Gasteiger partial charge in [0.2, 0.25) is 5.91 Å². The maximum Gasteiger partial charge on any atom is 0.228 e. The highest BCUT2D eigenvalue weighted by molar-refractivity contribution is 5.95. The number of aryl methyl sites for hydroxylation is 1. The van der Waals surface area contributed by atoms with Gasteiger partial charge in [-0.1, -0.05) is 18.2 Å². The van der Waals surface area contributed by atoms with E-state index < -0.39 is 0 Å². The molecule has 1 aromatic heterocycles. The third kappa shape index (κ3) is 4.04. The molecule has 7 nitrogen and oxygen atoms in total. The molecule has 0 spiro atoms. The van der Waals surface area contributed by atoms with Gasteiger partial charge < -0.3 is 9.47 Å². The van der Waals surface area contributed by atoms with Gasteiger partial charge in [0, 0.05) is 36.9 Å². The van der Waals surface area contributed by atoms with E-state index in [-0.39, 0.29) is 11.9 Å². The largest absolute Gasteiger partial charge is 0.496 e. The van der Waals surface area contributed by atoms with E-state index in [1.807, 2.05) is 36.1 Å². The van der Waals surface area contributed by atoms with Crippen molar-refractivity contribution in [2.75, 3.05) is 38.8 Å². The Labute approximate surface area is 178 Å². The number of hydrogen-bond acceptors (Lipinski definition) is 6. The van der Waals surface area contributed by atoms with Gasteiger partial charge in [-0.3, -0.25) is 14.6 Å². The van der Waals surface area contributed by atoms with E-state index >= 15 is 0 Å². The first-order valence-corrected chi connectivity index (χ1v) is 10.6. The highest BCUT2D eigenvalue weighted by Gasteiger charge is 2.33. The fourth-order valence-corrected chi connectivity index (χ4v) is 4.51. The second kappa shape index (κ2) is 9.10. The number of likely N-dealkylation sites (tertiary alicyclic amines) is 1. The van der Waals surface area contributed by atoms with Crippen LogP contribution in [0.1, 0.15) is 47.9 Å². The number of hydrogen-bond donors (Lipinski definition) is 0. The molecule has 30 heavy (non-hydrogen) atoms. The predicted molar refractivity (Wildman–Crippen MR) is 115 cm³/mol. The molecule has 7 heteroatoms. The molecule has 0 bridgehead atoms. The molecule has 1 atom stereocenters. The van der Waals surface area contributed by atoms with Crippen molar-refractivity contribution in [1.29, 1.82) is 0 Å². The highest BCUT2D eigenvalue weighted by Crippen LogP contribution is 2.35. The summed E-state index contributed by atoms with van der Waals surface area (Å²) in [5.41, 5.74) is 3.03. The van der Waals surface area contributed by atoms with Crippen LogP contribution in [0, 0.1) is 6.92 Å². The standard InChI is InChI=1S/C23H30N4O3/c1-16-18-10-11-21(28)27(15-17-7-4-5-9-20(17)30-3)23(18)25-22(24-16)19-8-6-12-26(19)13-14-29-2/h4-5,7,9,19H,6,8,10-15H2,1-3H3. The van der Waals surface area contributed by atoms with Crippen LogP contribution in [-0.2, 0) is 22.5 Å². The van der Waals surface area contributed by atoms with Crippen LogP contribution >= 0.6 is 0 Å². The molecule has 160 valence electrons. The van der Waals surface area contributed by atoms with Gasteiger partial charge in [-0.25, -0.2) is 9.97 Å². The summed E-state index contributed by atoms with van der Waals surface area (Å²) in [4.78, 5) is 26.9. The van der Waals surface area contributed by atoms with E-state index in [2.05, 4.69) is 4.90 Å². The quantitative estimate of drug-likeness (QED) is 0.699. The van der Waals surface area contributed by atoms with Gasteiger partial charge in [0.25, 0.3) is 0 Å². The molecule has 1 fully saturated rings. The van der Waals surface area contributed by atoms with Crippen LogP contribution in [0.25, 0.3) is 0 Å². The van der Waals surface area contributed by atoms with Crippen molar-refractivity contribution in [2.45, 2.75) is 45.2 Å². The molecular formula is C23H30N4O3. The Hall–Kier alpha value is -2.51. The number of methoxy groups -OCH3 is 2. The zero-order valence-electron chi connectivity index (χ0n) is 18.1. The van der Waals surface area contributed by atoms with Crippen LogP contribution in [0.15, 0.2) is 24.3 Å². The number of fused-ring (bicyclic) bond motifs is 1. The third-order valence-corrected chi connectivity index (χ3v) is 6.12. The average molecular weight is 411 g/mol. The monoisotopic (exact) mass is 410 g/mol. The highest BCUT2D eigenvalue weighted by atomic mass is 16.5. The summed E-state index contributed by atoms with van der Waals surface area (Å²) < 4.78 is 10.8. The lowest BCUT2D eigenvalue weighted by Gasteiger charge is -2.31. The lowest BCUT2D eigenvalue weighted by atomic mass is 10.0. The van der Waals surface area contributed by atoms with Gasteiger partial charge >= 0.3 is 0 Å². The first kappa shape index (κ1) is 20.8. The van der Waals surface area contributed by atoms with Crippen LogP contribution in [0.3, 0.4) is 0 Å². The number of aromatic nitrogens is 2. The molecule has 3 heterocycles. The van der Waals surface area contributed by atoms with Gasteiger partial charge in [-0.2, -0.15) is 0 Å². The van der Waals surface area contributed by atoms with Gasteiger partial charge in [0.1, 0.15) is 17.4 Å². The SMILES string of the molecule is COCCN1CCCC1c1nc(C)c2c(n1)N(Cc1ccccc1OC)C(=O)CC2. The van der Waals surface area contributed by atoms with Crippen molar-refractivity contribution in [2.24, 2.45) is 0 Å². The van der Waals surface area contributed by atoms with Crippen molar-refractivity contribution in [1.82, 2.24) is 14.9 Å². The molecule has 0 saturated carbocycles. The van der Waals surface area contributed by atoms with Gasteiger partial charge in [-0.05, 0) is 38.8 Å². The normalized spacial score (nSPS) is 19.2. The van der Waals surface area contributed by atoms with Crippen molar-refractivity contribution in [3.05, 3.63) is 46.9 Å². The van der Waals surface area contributed by atoms with E-state index in [0.29, 0.717) is 26.0 Å². The van der Waals surface area contributed by atoms with Gasteiger partial charge in [-0.15, -0.1) is 0 Å². The molecule has 1 amide bonds. The second-order valence-electron chi connectivity index (χ2n) is 7.95. The number of carbonyl (C=O) groups excluding carboxylic acids is 1. The number of rotatable bonds is 7. The number of benzene rings is 1. The van der Waals surface area contributed by atoms with E-state index in [0.717, 1.165) is 60.1 Å². The summed E-state index contributed by atoms with van der Waals surface area (Å²) >= 11 is 0. The molecule has 4 rings (SSSR count). The maximum absolute atomic E-state index is 12.9. The lowest BCUT2D eigenvalue weighted by Crippen LogP contribution is -2.37. The van der Waals surface area contributed by atoms with Crippen molar-refractivity contribution in [3.8, 4) is 5.75 Å². The number of para-hydroxylation sites is 1. The van der Waals surface area contributed by atoms with Crippen LogP contribution in [0.5, 0.6) is 5.75 Å². The molecule has 1 unspecified atom stereocenters. The third-order valence-electron chi connectivity index (χ3n) is 6.12. The average Bonchev–Trinajstić information content (AvgIpc) is 3.23. The number of carbonyl (C=O) groups is 1. The number of anilines is 1. The molecule has 0 radical (unpaired) electrons. The minimum atomic E-state index is 0.0973. The Morgan fingerprint density at radius 2 is 2.00 bits per heavy atom. The van der Waals surface area contributed by atoms with Crippen LogP contribution in [0.4, 0.5) is 5.82 Å². The van der Waals surface area contributed by atoms with Crippen molar-refractivity contribution >= 4 is 11.7 Å². The molecule has 1 saturated heterocycles. The second-order valence-corrected chi connectivity index (χ2v) is 7.95. The summed E-state index contributed by atoms with van der Waals surface area (Å²) in [5.74, 6) is 2.46. The smallest absolute Gasteiger partial charge is 0.228 e. The zero-order chi connectivity index (χ0) is 21.1. The van der Waals surface area contributed by atoms with E-state index in [1.165, 1.54) is 0 Å². The lowest BCUT2D eigenvalue weighted by molar-refractivity contribution is -0.119. The summed E-state index contributed by atoms with van der Waals surface area (Å²) in [6, 6.07) is 8.00. The van der Waals surface area contributed by atoms with Crippen molar-refractivity contribution < 1.29 is 14.3 Å². The topological polar surface area (TPSA) is 67.8 Å². The predicted octanol–water partition coefficient (Wildman–Crippen LogP) is 3.06. The van der Waals surface area contributed by atoms with Crippen LogP contribution in [-0.4, -0.2) is 54.7 Å². The molecule has 2 aliphatic rings. The first-order valence-electron chi connectivity index (χ1n) is 10.6. The summed E-state index contributed by atoms with van der Waals surface area (Å²) in [6.07, 6.45) is 3.33. The Balaban J connectivity index is 1.69. The minimum Gasteiger partial charge on any atom is -0.496 e. The molecule has 0 aliphatic carbocycles. The zero-order valence-corrected chi connectivity index (χ0v) is 18.1. The molecule has 2 aliphatic heterocycles. The number of ether oxygens (including phenoxy) is 2. The maximum atomic E-state index is 12.9. The number of nitrogens with zero attached hydrogens (tertiary/aromatic N) is 4.